The summed E-state index contributed by atoms with van der Waals surface area (Å²) >= 11 is 0. The van der Waals surface area contributed by atoms with Crippen molar-refractivity contribution >= 4 is 0 Å². The maximum atomic E-state index is 4.03. The normalized spacial score (nSPS) is 27.4. The van der Waals surface area contributed by atoms with Crippen LogP contribution in [0.2, 0.25) is 0 Å². The second kappa shape index (κ2) is 10.6. The van der Waals surface area contributed by atoms with E-state index in [2.05, 4.69) is 71.7 Å². The third kappa shape index (κ3) is 7.69. The van der Waals surface area contributed by atoms with Gasteiger partial charge in [-0.1, -0.05) is 78.0 Å². The lowest BCUT2D eigenvalue weighted by molar-refractivity contribution is 0.374. The van der Waals surface area contributed by atoms with E-state index in [-0.39, 0.29) is 11.1 Å². The smallest absolute Gasteiger partial charge is 0.0373 e. The van der Waals surface area contributed by atoms with Gasteiger partial charge in [-0.25, -0.2) is 0 Å². The van der Waals surface area contributed by atoms with E-state index in [9.17, 15) is 0 Å². The van der Waals surface area contributed by atoms with Crippen molar-refractivity contribution in [3.05, 3.63) is 24.8 Å². The van der Waals surface area contributed by atoms with Gasteiger partial charge in [0.2, 0.25) is 0 Å². The minimum absolute atomic E-state index is 0.274. The van der Waals surface area contributed by atoms with Crippen molar-refractivity contribution in [2.45, 2.75) is 110 Å². The molecule has 1 rings (SSSR count). The first-order valence-corrected chi connectivity index (χ1v) is 10.8. The first-order valence-electron chi connectivity index (χ1n) is 10.8. The molecule has 25 heavy (non-hydrogen) atoms. The molecule has 0 radical (unpaired) electrons. The van der Waals surface area contributed by atoms with E-state index in [1.54, 1.807) is 0 Å². The molecular weight excluding hydrogens is 302 g/mol. The Hall–Kier alpha value is -0.560. The van der Waals surface area contributed by atoms with Crippen molar-refractivity contribution in [2.75, 3.05) is 0 Å². The molecule has 3 unspecified atom stereocenters. The molecule has 0 aliphatic carbocycles. The van der Waals surface area contributed by atoms with Crippen LogP contribution in [0.4, 0.5) is 0 Å². The SMILES string of the molecule is C=CC(CC1(C)NC1(C)C/C=C/CCCCCCCC(C)C)C(C)C. The number of nitrogens with one attached hydrogen (secondary N) is 1. The Morgan fingerprint density at radius 1 is 0.880 bits per heavy atom. The highest BCUT2D eigenvalue weighted by atomic mass is 15.3. The molecule has 0 amide bonds. The molecule has 1 nitrogen and oxygen atoms in total. The van der Waals surface area contributed by atoms with E-state index in [0.717, 1.165) is 12.3 Å². The van der Waals surface area contributed by atoms with Crippen molar-refractivity contribution < 1.29 is 0 Å². The van der Waals surface area contributed by atoms with Gasteiger partial charge in [-0.05, 0) is 57.3 Å². The predicted molar refractivity (Wildman–Crippen MR) is 114 cm³/mol. The van der Waals surface area contributed by atoms with Crippen LogP contribution in [-0.2, 0) is 0 Å². The summed E-state index contributed by atoms with van der Waals surface area (Å²) < 4.78 is 0. The van der Waals surface area contributed by atoms with Crippen LogP contribution in [-0.4, -0.2) is 11.1 Å². The fraction of sp³-hybridized carbons (Fsp3) is 0.833. The minimum Gasteiger partial charge on any atom is -0.302 e. The van der Waals surface area contributed by atoms with Crippen LogP contribution >= 0.6 is 0 Å². The van der Waals surface area contributed by atoms with Crippen molar-refractivity contribution in [3.8, 4) is 0 Å². The molecule has 1 heterocycles. The second-order valence-electron chi connectivity index (χ2n) is 9.55. The lowest BCUT2D eigenvalue weighted by Crippen LogP contribution is -2.24. The van der Waals surface area contributed by atoms with Gasteiger partial charge in [-0.3, -0.25) is 0 Å². The van der Waals surface area contributed by atoms with E-state index in [0.29, 0.717) is 11.8 Å². The van der Waals surface area contributed by atoms with Gasteiger partial charge in [-0.15, -0.1) is 6.58 Å². The Balaban J connectivity index is 2.15. The molecule has 1 saturated heterocycles. The number of rotatable bonds is 14. The molecule has 0 spiro atoms. The molecule has 3 atom stereocenters. The highest BCUT2D eigenvalue weighted by molar-refractivity contribution is 5.24. The summed E-state index contributed by atoms with van der Waals surface area (Å²) in [7, 11) is 0. The predicted octanol–water partition coefficient (Wildman–Crippen LogP) is 7.29. The molecule has 0 saturated carbocycles. The summed E-state index contributed by atoms with van der Waals surface area (Å²) in [6, 6.07) is 0. The van der Waals surface area contributed by atoms with Crippen LogP contribution in [0.25, 0.3) is 0 Å². The van der Waals surface area contributed by atoms with Crippen LogP contribution in [0.3, 0.4) is 0 Å². The van der Waals surface area contributed by atoms with E-state index in [1.807, 2.05) is 0 Å². The largest absolute Gasteiger partial charge is 0.302 e. The van der Waals surface area contributed by atoms with Crippen LogP contribution in [0, 0.1) is 17.8 Å². The summed E-state index contributed by atoms with van der Waals surface area (Å²) in [5, 5.41) is 3.78. The molecule has 146 valence electrons. The van der Waals surface area contributed by atoms with Gasteiger partial charge < -0.3 is 5.32 Å². The van der Waals surface area contributed by atoms with Gasteiger partial charge in [0, 0.05) is 11.1 Å². The Morgan fingerprint density at radius 3 is 2.12 bits per heavy atom. The van der Waals surface area contributed by atoms with Gasteiger partial charge in [0.15, 0.2) is 0 Å². The quantitative estimate of drug-likeness (QED) is 0.199. The summed E-state index contributed by atoms with van der Waals surface area (Å²) in [6.45, 7) is 18.1. The second-order valence-corrected chi connectivity index (χ2v) is 9.55. The molecule has 1 fully saturated rings. The average Bonchev–Trinajstić information content (AvgIpc) is 3.07. The monoisotopic (exact) mass is 347 g/mol. The van der Waals surface area contributed by atoms with E-state index in [1.165, 1.54) is 51.4 Å². The lowest BCUT2D eigenvalue weighted by atomic mass is 9.81. The molecule has 0 aromatic heterocycles. The highest BCUT2D eigenvalue weighted by Gasteiger charge is 2.59. The zero-order chi connectivity index (χ0) is 18.9. The summed E-state index contributed by atoms with van der Waals surface area (Å²) in [5.74, 6) is 2.16. The lowest BCUT2D eigenvalue weighted by Gasteiger charge is -2.22. The first kappa shape index (κ1) is 22.5. The van der Waals surface area contributed by atoms with E-state index in [4.69, 9.17) is 0 Å². The summed E-state index contributed by atoms with van der Waals surface area (Å²) in [5.41, 5.74) is 0.549. The fourth-order valence-electron chi connectivity index (χ4n) is 3.97. The molecule has 0 bridgehead atoms. The van der Waals surface area contributed by atoms with Crippen molar-refractivity contribution in [1.29, 1.82) is 0 Å². The third-order valence-corrected chi connectivity index (χ3v) is 6.36. The summed E-state index contributed by atoms with van der Waals surface area (Å²) in [4.78, 5) is 0. The number of unbranched alkanes of at least 4 members (excludes halogenated alkanes) is 5. The number of hydrogen-bond donors (Lipinski definition) is 1. The number of allylic oxidation sites excluding steroid dienone is 2. The Morgan fingerprint density at radius 2 is 1.52 bits per heavy atom. The standard InChI is InChI=1S/C24H45N/c1-8-22(21(4)5)19-24(7)23(6,25-24)18-16-14-12-10-9-11-13-15-17-20(2)3/h8,14,16,20-22,25H,1,9-13,15,17-19H2,2-7H3/b16-14+. The van der Waals surface area contributed by atoms with Crippen molar-refractivity contribution in [3.63, 3.8) is 0 Å². The van der Waals surface area contributed by atoms with Gasteiger partial charge in [0.05, 0.1) is 0 Å². The number of hydrogen-bond acceptors (Lipinski definition) is 1. The summed E-state index contributed by atoms with van der Waals surface area (Å²) in [6.07, 6.45) is 19.0. The molecule has 1 N–H and O–H groups in total. The van der Waals surface area contributed by atoms with Gasteiger partial charge in [0.1, 0.15) is 0 Å². The van der Waals surface area contributed by atoms with Crippen LogP contribution in [0.1, 0.15) is 99.3 Å². The van der Waals surface area contributed by atoms with Gasteiger partial charge in [0.25, 0.3) is 0 Å². The third-order valence-electron chi connectivity index (χ3n) is 6.36. The molecule has 1 aliphatic heterocycles. The van der Waals surface area contributed by atoms with E-state index >= 15 is 0 Å². The maximum Gasteiger partial charge on any atom is 0.0373 e. The molecule has 0 aromatic carbocycles. The molecule has 1 aliphatic rings. The van der Waals surface area contributed by atoms with Crippen molar-refractivity contribution in [2.24, 2.45) is 17.8 Å². The molecular formula is C24H45N. The Kier molecular flexibility index (Phi) is 9.49. The fourth-order valence-corrected chi connectivity index (χ4v) is 3.97. The van der Waals surface area contributed by atoms with E-state index < -0.39 is 0 Å². The van der Waals surface area contributed by atoms with Gasteiger partial charge >= 0.3 is 0 Å². The highest BCUT2D eigenvalue weighted by Crippen LogP contribution is 2.46. The Bertz CT molecular complexity index is 408. The van der Waals surface area contributed by atoms with Gasteiger partial charge in [-0.2, -0.15) is 0 Å². The maximum absolute atomic E-state index is 4.03. The van der Waals surface area contributed by atoms with Crippen LogP contribution in [0.5, 0.6) is 0 Å². The molecule has 0 aromatic rings. The minimum atomic E-state index is 0.274. The Labute approximate surface area is 158 Å². The first-order chi connectivity index (χ1) is 11.7. The topological polar surface area (TPSA) is 21.9 Å². The zero-order valence-electron chi connectivity index (χ0n) is 18.0. The average molecular weight is 348 g/mol. The van der Waals surface area contributed by atoms with Crippen LogP contribution in [0.15, 0.2) is 24.8 Å². The van der Waals surface area contributed by atoms with Crippen LogP contribution < -0.4 is 5.32 Å². The zero-order valence-corrected chi connectivity index (χ0v) is 18.0. The van der Waals surface area contributed by atoms with Crippen molar-refractivity contribution in [1.82, 2.24) is 5.32 Å². The molecule has 1 heteroatoms.